The SMILES string of the molecule is COC(=O)[C@]1(C)Nc2c(O[Si](C)(C)C(C)(C)C)cc3c(c2[C@H]1O)C[C@H](Br)CN3C(=O)c1cc2cc(OC)c(OC)c(OC)c2[nH]1. The summed E-state index contributed by atoms with van der Waals surface area (Å²) in [4.78, 5) is 32.2. The maximum atomic E-state index is 14.4. The van der Waals surface area contributed by atoms with E-state index in [1.54, 1.807) is 31.1 Å². The Labute approximate surface area is 272 Å². The van der Waals surface area contributed by atoms with Crippen LogP contribution in [0, 0.1) is 0 Å². The zero-order chi connectivity index (χ0) is 33.2. The first kappa shape index (κ1) is 33.0. The van der Waals surface area contributed by atoms with Gasteiger partial charge in [0.1, 0.15) is 17.5 Å². The number of aromatic amines is 1. The van der Waals surface area contributed by atoms with Crippen LogP contribution in [-0.4, -0.2) is 75.6 Å². The van der Waals surface area contributed by atoms with Crippen LogP contribution < -0.4 is 28.9 Å². The maximum absolute atomic E-state index is 14.4. The fourth-order valence-corrected chi connectivity index (χ4v) is 7.50. The number of alkyl halides is 1. The topological polar surface area (TPSA) is 132 Å². The van der Waals surface area contributed by atoms with E-state index in [2.05, 4.69) is 60.1 Å². The summed E-state index contributed by atoms with van der Waals surface area (Å²) in [7, 11) is 3.48. The van der Waals surface area contributed by atoms with Crippen molar-refractivity contribution in [1.29, 1.82) is 0 Å². The summed E-state index contributed by atoms with van der Waals surface area (Å²) in [6.07, 6.45) is -0.726. The van der Waals surface area contributed by atoms with E-state index in [4.69, 9.17) is 23.4 Å². The standard InChI is InChI=1S/C32H42BrN3O8Si/c1-31(2,3)45(9,10)44-21-14-20-18(23-25(21)35-32(4,28(23)37)30(39)43-8)13-17(33)15-36(20)29(38)19-11-16-12-22(40-5)26(41-6)27(42-7)24(16)34-19/h11-12,14,17,28,34-35,37H,13,15H2,1-10H3/t17-,28+,32+/m0/s1. The smallest absolute Gasteiger partial charge is 0.334 e. The van der Waals surface area contributed by atoms with Gasteiger partial charge in [-0.1, -0.05) is 36.7 Å². The number of methoxy groups -OCH3 is 4. The third kappa shape index (κ3) is 5.22. The monoisotopic (exact) mass is 703 g/mol. The lowest BCUT2D eigenvalue weighted by Crippen LogP contribution is -2.46. The number of aliphatic hydroxyl groups is 1. The van der Waals surface area contributed by atoms with Gasteiger partial charge in [-0.3, -0.25) is 4.79 Å². The molecule has 5 rings (SSSR count). The Morgan fingerprint density at radius 3 is 2.29 bits per heavy atom. The minimum absolute atomic E-state index is 0.124. The summed E-state index contributed by atoms with van der Waals surface area (Å²) in [5.41, 5.74) is 1.91. The van der Waals surface area contributed by atoms with Gasteiger partial charge in [0.05, 0.1) is 45.3 Å². The van der Waals surface area contributed by atoms with Gasteiger partial charge in [-0.05, 0) is 49.2 Å². The van der Waals surface area contributed by atoms with Gasteiger partial charge in [-0.2, -0.15) is 0 Å². The van der Waals surface area contributed by atoms with E-state index in [1.165, 1.54) is 21.3 Å². The van der Waals surface area contributed by atoms with Crippen molar-refractivity contribution in [1.82, 2.24) is 4.98 Å². The average Bonchev–Trinajstić information content (AvgIpc) is 3.53. The Morgan fingerprint density at radius 2 is 1.71 bits per heavy atom. The maximum Gasteiger partial charge on any atom is 0.334 e. The summed E-state index contributed by atoms with van der Waals surface area (Å²) >= 11 is 3.75. The number of carbonyl (C=O) groups excluding carboxylic acids is 2. The number of esters is 1. The lowest BCUT2D eigenvalue weighted by atomic mass is 9.87. The number of nitrogens with zero attached hydrogens (tertiary/aromatic N) is 1. The van der Waals surface area contributed by atoms with Crippen molar-refractivity contribution in [3.8, 4) is 23.0 Å². The summed E-state index contributed by atoms with van der Waals surface area (Å²) in [5.74, 6) is 0.904. The Morgan fingerprint density at radius 1 is 1.04 bits per heavy atom. The van der Waals surface area contributed by atoms with Crippen molar-refractivity contribution in [2.75, 3.05) is 45.2 Å². The number of H-pyrrole nitrogens is 1. The highest BCUT2D eigenvalue weighted by molar-refractivity contribution is 9.09. The first-order chi connectivity index (χ1) is 21.0. The number of fused-ring (bicyclic) bond motifs is 4. The molecule has 0 aliphatic carbocycles. The van der Waals surface area contributed by atoms with Crippen LogP contribution >= 0.6 is 15.9 Å². The van der Waals surface area contributed by atoms with Gasteiger partial charge in [0.15, 0.2) is 17.0 Å². The number of aromatic nitrogens is 1. The van der Waals surface area contributed by atoms with E-state index in [0.29, 0.717) is 69.5 Å². The predicted molar refractivity (Wildman–Crippen MR) is 179 cm³/mol. The fourth-order valence-electron chi connectivity index (χ4n) is 5.87. The summed E-state index contributed by atoms with van der Waals surface area (Å²) in [5, 5.41) is 15.6. The van der Waals surface area contributed by atoms with E-state index < -0.39 is 25.9 Å². The molecule has 244 valence electrons. The Hall–Kier alpha value is -3.42. The van der Waals surface area contributed by atoms with Gasteiger partial charge in [0, 0.05) is 28.4 Å². The van der Waals surface area contributed by atoms with Crippen molar-refractivity contribution in [3.63, 3.8) is 0 Å². The number of halogens is 1. The van der Waals surface area contributed by atoms with Crippen LogP contribution in [0.1, 0.15) is 55.4 Å². The molecular formula is C32H42BrN3O8Si. The van der Waals surface area contributed by atoms with Crippen LogP contribution in [0.5, 0.6) is 23.0 Å². The highest BCUT2D eigenvalue weighted by atomic mass is 79.9. The zero-order valence-corrected chi connectivity index (χ0v) is 30.0. The molecule has 45 heavy (non-hydrogen) atoms. The van der Waals surface area contributed by atoms with Crippen LogP contribution in [0.25, 0.3) is 10.9 Å². The average molecular weight is 705 g/mol. The van der Waals surface area contributed by atoms with Crippen LogP contribution in [0.4, 0.5) is 11.4 Å². The number of ether oxygens (including phenoxy) is 4. The molecule has 11 nitrogen and oxygen atoms in total. The number of aliphatic hydroxyl groups excluding tert-OH is 1. The number of hydrogen-bond donors (Lipinski definition) is 3. The van der Waals surface area contributed by atoms with Crippen molar-refractivity contribution < 1.29 is 38.1 Å². The Kier molecular flexibility index (Phi) is 8.37. The van der Waals surface area contributed by atoms with Crippen molar-refractivity contribution in [2.24, 2.45) is 0 Å². The van der Waals surface area contributed by atoms with Gasteiger partial charge < -0.3 is 43.7 Å². The quantitative estimate of drug-likeness (QED) is 0.156. The normalized spacial score (nSPS) is 21.1. The third-order valence-corrected chi connectivity index (χ3v) is 14.4. The van der Waals surface area contributed by atoms with E-state index in [9.17, 15) is 14.7 Å². The molecule has 0 radical (unpaired) electrons. The van der Waals surface area contributed by atoms with Gasteiger partial charge in [-0.15, -0.1) is 0 Å². The zero-order valence-electron chi connectivity index (χ0n) is 27.4. The first-order valence-electron chi connectivity index (χ1n) is 14.7. The van der Waals surface area contributed by atoms with E-state index in [-0.39, 0.29) is 15.8 Å². The molecule has 0 fully saturated rings. The molecular weight excluding hydrogens is 662 g/mol. The van der Waals surface area contributed by atoms with Gasteiger partial charge in [0.2, 0.25) is 5.75 Å². The molecule has 0 saturated carbocycles. The lowest BCUT2D eigenvalue weighted by molar-refractivity contribution is -0.149. The molecule has 1 aromatic heterocycles. The minimum atomic E-state index is -2.41. The van der Waals surface area contributed by atoms with Crippen LogP contribution in [-0.2, 0) is 16.0 Å². The number of benzene rings is 2. The molecule has 1 amide bonds. The molecule has 2 aliphatic heterocycles. The molecule has 0 unspecified atom stereocenters. The highest BCUT2D eigenvalue weighted by Crippen LogP contribution is 2.54. The van der Waals surface area contributed by atoms with Gasteiger partial charge in [0.25, 0.3) is 14.2 Å². The van der Waals surface area contributed by atoms with E-state index in [0.717, 1.165) is 5.56 Å². The summed E-state index contributed by atoms with van der Waals surface area (Å²) in [6, 6.07) is 5.41. The number of amides is 1. The van der Waals surface area contributed by atoms with Crippen molar-refractivity contribution in [3.05, 3.63) is 35.0 Å². The summed E-state index contributed by atoms with van der Waals surface area (Å²) in [6.45, 7) is 12.6. The molecule has 3 heterocycles. The van der Waals surface area contributed by atoms with Crippen molar-refractivity contribution in [2.45, 2.75) is 68.7 Å². The van der Waals surface area contributed by atoms with Crippen molar-refractivity contribution >= 4 is 58.4 Å². The second-order valence-electron chi connectivity index (χ2n) is 13.3. The highest BCUT2D eigenvalue weighted by Gasteiger charge is 2.53. The largest absolute Gasteiger partial charge is 0.542 e. The van der Waals surface area contributed by atoms with E-state index >= 15 is 0 Å². The number of carbonyl (C=O) groups is 2. The predicted octanol–water partition coefficient (Wildman–Crippen LogP) is 5.93. The molecule has 13 heteroatoms. The molecule has 0 bridgehead atoms. The Balaban J connectivity index is 1.70. The molecule has 3 atom stereocenters. The molecule has 0 saturated heterocycles. The molecule has 3 N–H and O–H groups in total. The number of anilines is 2. The number of rotatable bonds is 7. The second kappa shape index (κ2) is 11.4. The number of nitrogens with one attached hydrogen (secondary N) is 2. The minimum Gasteiger partial charge on any atom is -0.542 e. The van der Waals surface area contributed by atoms with Gasteiger partial charge >= 0.3 is 5.97 Å². The molecule has 2 aromatic carbocycles. The first-order valence-corrected chi connectivity index (χ1v) is 18.6. The van der Waals surface area contributed by atoms with Crippen LogP contribution in [0.3, 0.4) is 0 Å². The Bertz CT molecular complexity index is 1680. The third-order valence-electron chi connectivity index (χ3n) is 9.40. The second-order valence-corrected chi connectivity index (χ2v) is 19.3. The summed E-state index contributed by atoms with van der Waals surface area (Å²) < 4.78 is 28.6. The molecule has 3 aromatic rings. The van der Waals surface area contributed by atoms with Gasteiger partial charge in [-0.25, -0.2) is 4.79 Å². The fraction of sp³-hybridized carbons (Fsp3) is 0.500. The van der Waals surface area contributed by atoms with Crippen LogP contribution in [0.15, 0.2) is 18.2 Å². The number of hydrogen-bond acceptors (Lipinski definition) is 9. The van der Waals surface area contributed by atoms with E-state index in [1.807, 2.05) is 6.07 Å². The lowest BCUT2D eigenvalue weighted by Gasteiger charge is -2.39. The molecule has 0 spiro atoms. The molecule has 2 aliphatic rings. The van der Waals surface area contributed by atoms with Crippen LogP contribution in [0.2, 0.25) is 18.1 Å².